The number of carboxylic acid groups (broad SMARTS) is 3. The zero-order valence-electron chi connectivity index (χ0n) is 20.7. The third kappa shape index (κ3) is 10.7. The Bertz CT molecular complexity index is 848. The quantitative estimate of drug-likeness (QED) is 0.146. The Hall–Kier alpha value is -3.36. The van der Waals surface area contributed by atoms with Crippen molar-refractivity contribution in [3.63, 3.8) is 0 Å². The fourth-order valence-corrected chi connectivity index (χ4v) is 4.27. The van der Waals surface area contributed by atoms with Crippen LogP contribution in [0.15, 0.2) is 12.2 Å². The Kier molecular flexibility index (Phi) is 12.1. The minimum absolute atomic E-state index is 0.00958. The molecule has 2 rings (SSSR count). The first kappa shape index (κ1) is 29.9. The fourth-order valence-electron chi connectivity index (χ4n) is 4.27. The van der Waals surface area contributed by atoms with Crippen molar-refractivity contribution in [2.75, 3.05) is 65.4 Å². The molecule has 37 heavy (non-hydrogen) atoms. The van der Waals surface area contributed by atoms with Crippen LogP contribution in [0.3, 0.4) is 0 Å². The average Bonchev–Trinajstić information content (AvgIpc) is 3.17. The van der Waals surface area contributed by atoms with Gasteiger partial charge in [0, 0.05) is 70.9 Å². The van der Waals surface area contributed by atoms with E-state index >= 15 is 0 Å². The van der Waals surface area contributed by atoms with E-state index in [1.54, 1.807) is 14.7 Å². The summed E-state index contributed by atoms with van der Waals surface area (Å²) >= 11 is 0. The molecule has 0 saturated carbocycles. The lowest BCUT2D eigenvalue weighted by atomic mass is 10.1. The largest absolute Gasteiger partial charge is 0.480 e. The fraction of sp³-hybridized carbons (Fsp3) is 0.652. The van der Waals surface area contributed by atoms with Crippen LogP contribution in [-0.4, -0.2) is 142 Å². The molecule has 2 aliphatic heterocycles. The lowest BCUT2D eigenvalue weighted by Crippen LogP contribution is -2.47. The van der Waals surface area contributed by atoms with E-state index in [1.165, 1.54) is 0 Å². The average molecular weight is 526 g/mol. The maximum Gasteiger partial charge on any atom is 0.320 e. The number of hydrogen-bond donors (Lipinski definition) is 4. The van der Waals surface area contributed by atoms with Crippen LogP contribution < -0.4 is 5.32 Å². The normalized spacial score (nSPS) is 18.8. The number of rotatable bonds is 14. The Balaban J connectivity index is 1.83. The molecule has 1 saturated heterocycles. The number of unbranched alkanes of at least 4 members (excludes halogenated alkanes) is 1. The molecule has 4 N–H and O–H groups in total. The molecule has 2 heterocycles. The molecule has 0 bridgehead atoms. The second-order valence-electron chi connectivity index (χ2n) is 8.99. The molecule has 0 aliphatic carbocycles. The minimum atomic E-state index is -1.02. The number of nitrogens with one attached hydrogen (secondary N) is 1. The van der Waals surface area contributed by atoms with Gasteiger partial charge in [-0.15, -0.1) is 0 Å². The third-order valence-corrected chi connectivity index (χ3v) is 6.27. The maximum atomic E-state index is 12.0. The number of carbonyl (C=O) groups excluding carboxylic acids is 3. The molecular formula is C23H35N5O9. The van der Waals surface area contributed by atoms with E-state index in [0.717, 1.165) is 17.1 Å². The SMILES string of the molecule is O=C(O)CN1CCN(CC(=O)O)CCN(C(CCCCNC(=O)CCN2C(=O)C=CC2=O)C(=O)O)CC1. The van der Waals surface area contributed by atoms with Crippen LogP contribution in [0, 0.1) is 0 Å². The summed E-state index contributed by atoms with van der Waals surface area (Å²) in [5, 5.41) is 30.9. The van der Waals surface area contributed by atoms with Gasteiger partial charge in [0.05, 0.1) is 13.1 Å². The summed E-state index contributed by atoms with van der Waals surface area (Å²) in [4.78, 5) is 75.5. The summed E-state index contributed by atoms with van der Waals surface area (Å²) in [6.45, 7) is 1.91. The zero-order chi connectivity index (χ0) is 27.4. The second kappa shape index (κ2) is 15.0. The van der Waals surface area contributed by atoms with Gasteiger partial charge in [-0.25, -0.2) is 0 Å². The van der Waals surface area contributed by atoms with Crippen molar-refractivity contribution in [2.45, 2.75) is 31.7 Å². The molecule has 1 atom stereocenters. The third-order valence-electron chi connectivity index (χ3n) is 6.27. The molecule has 3 amide bonds. The van der Waals surface area contributed by atoms with Crippen molar-refractivity contribution >= 4 is 35.6 Å². The van der Waals surface area contributed by atoms with E-state index in [9.17, 15) is 33.9 Å². The van der Waals surface area contributed by atoms with E-state index in [2.05, 4.69) is 5.32 Å². The number of carboxylic acids is 3. The van der Waals surface area contributed by atoms with Gasteiger partial charge < -0.3 is 20.6 Å². The standard InChI is InChI=1S/C23H35N5O9/c29-18(6-8-28-19(30)4-5-20(28)31)24-7-2-1-3-17(23(36)37)27-13-11-25(15-21(32)33)9-10-26(12-14-27)16-22(34)35/h4-5,17H,1-3,6-16H2,(H,24,29)(H,32,33)(H,34,35)(H,36,37). The monoisotopic (exact) mass is 525 g/mol. The highest BCUT2D eigenvalue weighted by molar-refractivity contribution is 6.13. The van der Waals surface area contributed by atoms with Gasteiger partial charge >= 0.3 is 17.9 Å². The summed E-state index contributed by atoms with van der Waals surface area (Å²) in [5.41, 5.74) is 0. The molecule has 206 valence electrons. The molecule has 1 fully saturated rings. The van der Waals surface area contributed by atoms with E-state index in [1.807, 2.05) is 0 Å². The van der Waals surface area contributed by atoms with Crippen LogP contribution in [0.2, 0.25) is 0 Å². The van der Waals surface area contributed by atoms with E-state index < -0.39 is 35.8 Å². The highest BCUT2D eigenvalue weighted by atomic mass is 16.4. The van der Waals surface area contributed by atoms with E-state index in [-0.39, 0.29) is 32.0 Å². The predicted octanol–water partition coefficient (Wildman–Crippen LogP) is -1.87. The molecule has 2 aliphatic rings. The number of amides is 3. The Morgan fingerprint density at radius 2 is 1.32 bits per heavy atom. The number of aliphatic carboxylic acids is 3. The molecule has 0 aromatic carbocycles. The Labute approximate surface area is 214 Å². The summed E-state index contributed by atoms with van der Waals surface area (Å²) in [6.07, 6.45) is 3.59. The summed E-state index contributed by atoms with van der Waals surface area (Å²) in [5.74, 6) is -4.26. The first-order valence-electron chi connectivity index (χ1n) is 12.2. The van der Waals surface area contributed by atoms with Gasteiger partial charge in [0.15, 0.2) is 0 Å². The molecule has 0 aromatic rings. The lowest BCUT2D eigenvalue weighted by molar-refractivity contribution is -0.144. The molecular weight excluding hydrogens is 490 g/mol. The van der Waals surface area contributed by atoms with Gasteiger partial charge in [0.25, 0.3) is 11.8 Å². The smallest absolute Gasteiger partial charge is 0.320 e. The maximum absolute atomic E-state index is 12.0. The van der Waals surface area contributed by atoms with Crippen molar-refractivity contribution in [2.24, 2.45) is 0 Å². The van der Waals surface area contributed by atoms with E-state index in [4.69, 9.17) is 10.2 Å². The topological polar surface area (TPSA) is 188 Å². The van der Waals surface area contributed by atoms with Gasteiger partial charge in [0.1, 0.15) is 6.04 Å². The van der Waals surface area contributed by atoms with Gasteiger partial charge in [0.2, 0.25) is 5.91 Å². The van der Waals surface area contributed by atoms with Gasteiger partial charge in [-0.05, 0) is 19.3 Å². The van der Waals surface area contributed by atoms with Crippen molar-refractivity contribution in [3.8, 4) is 0 Å². The number of imide groups is 1. The van der Waals surface area contributed by atoms with Gasteiger partial charge in [-0.2, -0.15) is 0 Å². The number of nitrogens with zero attached hydrogens (tertiary/aromatic N) is 4. The number of hydrogen-bond acceptors (Lipinski definition) is 9. The van der Waals surface area contributed by atoms with Crippen molar-refractivity contribution in [1.29, 1.82) is 0 Å². The number of carbonyl (C=O) groups is 6. The second-order valence-corrected chi connectivity index (χ2v) is 8.99. The van der Waals surface area contributed by atoms with Crippen molar-refractivity contribution in [1.82, 2.24) is 24.9 Å². The summed E-state index contributed by atoms with van der Waals surface area (Å²) < 4.78 is 0. The predicted molar refractivity (Wildman–Crippen MR) is 128 cm³/mol. The summed E-state index contributed by atoms with van der Waals surface area (Å²) in [7, 11) is 0. The highest BCUT2D eigenvalue weighted by Crippen LogP contribution is 2.12. The van der Waals surface area contributed by atoms with E-state index in [0.29, 0.717) is 65.1 Å². The molecule has 1 unspecified atom stereocenters. The molecule has 0 aromatic heterocycles. The molecule has 14 nitrogen and oxygen atoms in total. The first-order valence-corrected chi connectivity index (χ1v) is 12.2. The van der Waals surface area contributed by atoms with Crippen LogP contribution in [0.4, 0.5) is 0 Å². The van der Waals surface area contributed by atoms with Crippen LogP contribution in [-0.2, 0) is 28.8 Å². The van der Waals surface area contributed by atoms with Crippen molar-refractivity contribution in [3.05, 3.63) is 12.2 Å². The minimum Gasteiger partial charge on any atom is -0.480 e. The molecule has 0 spiro atoms. The first-order chi connectivity index (χ1) is 17.6. The van der Waals surface area contributed by atoms with Crippen LogP contribution in [0.25, 0.3) is 0 Å². The summed E-state index contributed by atoms with van der Waals surface area (Å²) in [6, 6.07) is -0.841. The molecule has 0 radical (unpaired) electrons. The zero-order valence-corrected chi connectivity index (χ0v) is 20.7. The Morgan fingerprint density at radius 3 is 1.81 bits per heavy atom. The molecule has 14 heteroatoms. The Morgan fingerprint density at radius 1 is 0.811 bits per heavy atom. The van der Waals surface area contributed by atoms with Gasteiger partial charge in [-0.1, -0.05) is 0 Å². The van der Waals surface area contributed by atoms with Crippen LogP contribution in [0.5, 0.6) is 0 Å². The van der Waals surface area contributed by atoms with Gasteiger partial charge in [-0.3, -0.25) is 48.4 Å². The lowest BCUT2D eigenvalue weighted by Gasteiger charge is -2.30. The van der Waals surface area contributed by atoms with Crippen LogP contribution in [0.1, 0.15) is 25.7 Å². The van der Waals surface area contributed by atoms with Crippen LogP contribution >= 0.6 is 0 Å². The highest BCUT2D eigenvalue weighted by Gasteiger charge is 2.28. The van der Waals surface area contributed by atoms with Crippen molar-refractivity contribution < 1.29 is 44.1 Å².